The average molecular weight is 351 g/mol. The third-order valence-corrected chi connectivity index (χ3v) is 4.80. The van der Waals surface area contributed by atoms with E-state index in [2.05, 4.69) is 36.3 Å². The highest BCUT2D eigenvalue weighted by Gasteiger charge is 2.26. The lowest BCUT2D eigenvalue weighted by atomic mass is 10.3. The lowest BCUT2D eigenvalue weighted by molar-refractivity contribution is -0.129. The molecule has 1 saturated carbocycles. The quantitative estimate of drug-likeness (QED) is 0.811. The number of piperazine rings is 1. The Morgan fingerprint density at radius 3 is 2.77 bits per heavy atom. The van der Waals surface area contributed by atoms with E-state index in [1.165, 1.54) is 12.8 Å². The molecule has 2 fully saturated rings. The van der Waals surface area contributed by atoms with E-state index in [1.54, 1.807) is 13.1 Å². The maximum Gasteiger partial charge on any atom is 0.227 e. The number of aromatic amines is 1. The van der Waals surface area contributed by atoms with E-state index in [0.29, 0.717) is 55.2 Å². The van der Waals surface area contributed by atoms with Gasteiger partial charge in [0.25, 0.3) is 0 Å². The zero-order chi connectivity index (χ0) is 18.1. The van der Waals surface area contributed by atoms with E-state index >= 15 is 0 Å². The Labute approximate surface area is 152 Å². The summed E-state index contributed by atoms with van der Waals surface area (Å²) in [6, 6.07) is 2.01. The normalized spacial score (nSPS) is 17.1. The number of rotatable bonds is 4. The van der Waals surface area contributed by atoms with Crippen LogP contribution in [0, 0.1) is 12.3 Å². The number of hydrogen-bond acceptors (Lipinski definition) is 6. The summed E-state index contributed by atoms with van der Waals surface area (Å²) >= 11 is 0. The fourth-order valence-electron chi connectivity index (χ4n) is 3.07. The Hall–Kier alpha value is -3.08. The molecule has 0 atom stereocenters. The first-order chi connectivity index (χ1) is 12.6. The standard InChI is InChI=1S/C18H21N7O/c1-3-13-11-19-18(25-8-6-24(7-9-25)12(2)26)21-17(13)20-16-10-15(22-23-16)14-4-5-14/h1,10-11,14H,4-9H2,2H3,(H2,19,20,21,22,23). The molecule has 2 aromatic rings. The van der Waals surface area contributed by atoms with Crippen LogP contribution in [0.25, 0.3) is 0 Å². The van der Waals surface area contributed by atoms with Crippen molar-refractivity contribution in [1.29, 1.82) is 0 Å². The molecule has 0 unspecified atom stereocenters. The van der Waals surface area contributed by atoms with Gasteiger partial charge in [-0.1, -0.05) is 5.92 Å². The topological polar surface area (TPSA) is 90.0 Å². The van der Waals surface area contributed by atoms with E-state index in [9.17, 15) is 4.79 Å². The van der Waals surface area contributed by atoms with Crippen molar-refractivity contribution in [2.24, 2.45) is 0 Å². The summed E-state index contributed by atoms with van der Waals surface area (Å²) in [5, 5.41) is 10.6. The second kappa shape index (κ2) is 6.67. The monoisotopic (exact) mass is 351 g/mol. The SMILES string of the molecule is C#Cc1cnc(N2CCN(C(C)=O)CC2)nc1Nc1cc(C2CC2)[nH]n1. The van der Waals surface area contributed by atoms with Crippen LogP contribution in [0.3, 0.4) is 0 Å². The molecular formula is C18H21N7O. The van der Waals surface area contributed by atoms with Crippen LogP contribution in [0.4, 0.5) is 17.6 Å². The zero-order valence-electron chi connectivity index (χ0n) is 14.7. The number of nitrogens with zero attached hydrogens (tertiary/aromatic N) is 5. The molecule has 1 aliphatic heterocycles. The molecule has 4 rings (SSSR count). The van der Waals surface area contributed by atoms with Crippen molar-refractivity contribution >= 4 is 23.5 Å². The smallest absolute Gasteiger partial charge is 0.227 e. The largest absolute Gasteiger partial charge is 0.339 e. The van der Waals surface area contributed by atoms with Crippen LogP contribution < -0.4 is 10.2 Å². The summed E-state index contributed by atoms with van der Waals surface area (Å²) < 4.78 is 0. The van der Waals surface area contributed by atoms with E-state index < -0.39 is 0 Å². The van der Waals surface area contributed by atoms with E-state index in [1.807, 2.05) is 11.0 Å². The Balaban J connectivity index is 1.51. The first-order valence-corrected chi connectivity index (χ1v) is 8.80. The second-order valence-corrected chi connectivity index (χ2v) is 6.68. The molecule has 3 heterocycles. The molecule has 0 spiro atoms. The molecule has 8 heteroatoms. The number of amides is 1. The number of carbonyl (C=O) groups is 1. The highest BCUT2D eigenvalue weighted by molar-refractivity contribution is 5.73. The van der Waals surface area contributed by atoms with Gasteiger partial charge in [0, 0.05) is 50.8 Å². The maximum atomic E-state index is 11.5. The predicted octanol–water partition coefficient (Wildman–Crippen LogP) is 1.47. The molecule has 134 valence electrons. The molecule has 0 aromatic carbocycles. The molecule has 8 nitrogen and oxygen atoms in total. The number of nitrogens with one attached hydrogen (secondary N) is 2. The lowest BCUT2D eigenvalue weighted by Crippen LogP contribution is -2.48. The summed E-state index contributed by atoms with van der Waals surface area (Å²) in [5.41, 5.74) is 1.73. The van der Waals surface area contributed by atoms with Crippen molar-refractivity contribution in [2.45, 2.75) is 25.7 Å². The first kappa shape index (κ1) is 16.4. The van der Waals surface area contributed by atoms with Gasteiger partial charge in [0.2, 0.25) is 11.9 Å². The van der Waals surface area contributed by atoms with Crippen LogP contribution in [0.2, 0.25) is 0 Å². The lowest BCUT2D eigenvalue weighted by Gasteiger charge is -2.34. The van der Waals surface area contributed by atoms with E-state index in [0.717, 1.165) is 5.69 Å². The van der Waals surface area contributed by atoms with Crippen molar-refractivity contribution < 1.29 is 4.79 Å². The van der Waals surface area contributed by atoms with Crippen LogP contribution in [-0.4, -0.2) is 57.2 Å². The van der Waals surface area contributed by atoms with Gasteiger partial charge < -0.3 is 15.1 Å². The summed E-state index contributed by atoms with van der Waals surface area (Å²) in [7, 11) is 0. The molecule has 1 saturated heterocycles. The van der Waals surface area contributed by atoms with Crippen LogP contribution in [-0.2, 0) is 4.79 Å². The van der Waals surface area contributed by atoms with Crippen molar-refractivity contribution in [1.82, 2.24) is 25.1 Å². The fourth-order valence-corrected chi connectivity index (χ4v) is 3.07. The van der Waals surface area contributed by atoms with Gasteiger partial charge in [-0.05, 0) is 12.8 Å². The Morgan fingerprint density at radius 2 is 2.12 bits per heavy atom. The molecule has 2 N–H and O–H groups in total. The summed E-state index contributed by atoms with van der Waals surface area (Å²) in [4.78, 5) is 24.4. The van der Waals surface area contributed by atoms with Gasteiger partial charge >= 0.3 is 0 Å². The zero-order valence-corrected chi connectivity index (χ0v) is 14.7. The van der Waals surface area contributed by atoms with Gasteiger partial charge in [-0.25, -0.2) is 4.98 Å². The van der Waals surface area contributed by atoms with Gasteiger partial charge in [0.1, 0.15) is 0 Å². The summed E-state index contributed by atoms with van der Waals surface area (Å²) in [6.45, 7) is 4.33. The minimum absolute atomic E-state index is 0.0978. The van der Waals surface area contributed by atoms with Crippen molar-refractivity contribution in [3.05, 3.63) is 23.5 Å². The Morgan fingerprint density at radius 1 is 1.35 bits per heavy atom. The fraction of sp³-hybridized carbons (Fsp3) is 0.444. The minimum Gasteiger partial charge on any atom is -0.339 e. The van der Waals surface area contributed by atoms with Gasteiger partial charge in [-0.3, -0.25) is 9.89 Å². The van der Waals surface area contributed by atoms with E-state index in [4.69, 9.17) is 6.42 Å². The third kappa shape index (κ3) is 3.33. The number of anilines is 3. The number of terminal acetylenes is 1. The molecule has 26 heavy (non-hydrogen) atoms. The van der Waals surface area contributed by atoms with Crippen LogP contribution in [0.1, 0.15) is 36.9 Å². The minimum atomic E-state index is 0.0978. The number of carbonyl (C=O) groups excluding carboxylic acids is 1. The van der Waals surface area contributed by atoms with Crippen molar-refractivity contribution in [2.75, 3.05) is 36.4 Å². The second-order valence-electron chi connectivity index (χ2n) is 6.68. The molecular weight excluding hydrogens is 330 g/mol. The molecule has 2 aromatic heterocycles. The molecule has 0 bridgehead atoms. The average Bonchev–Trinajstić information content (AvgIpc) is 3.41. The van der Waals surface area contributed by atoms with Crippen LogP contribution in [0.15, 0.2) is 12.3 Å². The first-order valence-electron chi connectivity index (χ1n) is 8.80. The summed E-state index contributed by atoms with van der Waals surface area (Å²) in [5.74, 6) is 5.19. The maximum absolute atomic E-state index is 11.5. The molecule has 1 amide bonds. The van der Waals surface area contributed by atoms with Crippen molar-refractivity contribution in [3.63, 3.8) is 0 Å². The van der Waals surface area contributed by atoms with Crippen LogP contribution in [0.5, 0.6) is 0 Å². The van der Waals surface area contributed by atoms with Gasteiger partial charge in [0.05, 0.1) is 11.8 Å². The highest BCUT2D eigenvalue weighted by Crippen LogP contribution is 2.39. The van der Waals surface area contributed by atoms with Gasteiger partial charge in [-0.15, -0.1) is 6.42 Å². The molecule has 0 radical (unpaired) electrons. The Kier molecular flexibility index (Phi) is 4.21. The molecule has 1 aliphatic carbocycles. The number of hydrogen-bond donors (Lipinski definition) is 2. The van der Waals surface area contributed by atoms with Gasteiger partial charge in [-0.2, -0.15) is 10.1 Å². The molecule has 2 aliphatic rings. The number of H-pyrrole nitrogens is 1. The third-order valence-electron chi connectivity index (χ3n) is 4.80. The van der Waals surface area contributed by atoms with Gasteiger partial charge in [0.15, 0.2) is 11.6 Å². The Bertz CT molecular complexity index is 857. The predicted molar refractivity (Wildman–Crippen MR) is 98.3 cm³/mol. The highest BCUT2D eigenvalue weighted by atomic mass is 16.2. The summed E-state index contributed by atoms with van der Waals surface area (Å²) in [6.07, 6.45) is 9.66. The van der Waals surface area contributed by atoms with E-state index in [-0.39, 0.29) is 5.91 Å². The van der Waals surface area contributed by atoms with Crippen LogP contribution >= 0.6 is 0 Å². The van der Waals surface area contributed by atoms with Crippen molar-refractivity contribution in [3.8, 4) is 12.3 Å². The number of aromatic nitrogens is 4.